The van der Waals surface area contributed by atoms with Gasteiger partial charge in [-0.15, -0.1) is 11.3 Å². The van der Waals surface area contributed by atoms with Crippen molar-refractivity contribution in [2.45, 2.75) is 39.0 Å². The lowest BCUT2D eigenvalue weighted by atomic mass is 9.97. The van der Waals surface area contributed by atoms with Crippen molar-refractivity contribution in [3.63, 3.8) is 0 Å². The van der Waals surface area contributed by atoms with Gasteiger partial charge in [0.1, 0.15) is 5.69 Å². The number of hydrogen-bond donors (Lipinski definition) is 1. The molecule has 1 aliphatic rings. The number of benzene rings is 1. The van der Waals surface area contributed by atoms with Gasteiger partial charge < -0.3 is 10.2 Å². The third kappa shape index (κ3) is 4.71. The van der Waals surface area contributed by atoms with Crippen molar-refractivity contribution in [3.8, 4) is 0 Å². The summed E-state index contributed by atoms with van der Waals surface area (Å²) in [4.78, 5) is 31.9. The number of piperidine rings is 1. The van der Waals surface area contributed by atoms with Crippen LogP contribution in [0.1, 0.15) is 51.2 Å². The first-order valence-corrected chi connectivity index (χ1v) is 11.9. The van der Waals surface area contributed by atoms with Gasteiger partial charge in [0.05, 0.1) is 28.5 Å². The Morgan fingerprint density at radius 1 is 1.22 bits per heavy atom. The number of nitrogens with one attached hydrogen (secondary N) is 1. The lowest BCUT2D eigenvalue weighted by Gasteiger charge is -2.31. The third-order valence-electron chi connectivity index (χ3n) is 6.00. The second kappa shape index (κ2) is 9.42. The van der Waals surface area contributed by atoms with Crippen LogP contribution >= 0.6 is 22.9 Å². The zero-order chi connectivity index (χ0) is 22.8. The van der Waals surface area contributed by atoms with Crippen LogP contribution in [0.4, 0.5) is 5.69 Å². The number of likely N-dealkylation sites (tertiary alicyclic amines) is 1. The van der Waals surface area contributed by atoms with Gasteiger partial charge in [-0.1, -0.05) is 29.8 Å². The van der Waals surface area contributed by atoms with Crippen LogP contribution in [-0.4, -0.2) is 44.6 Å². The minimum atomic E-state index is -0.223. The number of nitrogens with zero attached hydrogens (tertiary/aromatic N) is 4. The van der Waals surface area contributed by atoms with Crippen molar-refractivity contribution in [1.29, 1.82) is 0 Å². The van der Waals surface area contributed by atoms with Crippen molar-refractivity contribution in [1.82, 2.24) is 19.7 Å². The third-order valence-corrected chi connectivity index (χ3v) is 7.37. The molecule has 0 spiro atoms. The molecule has 1 saturated heterocycles. The summed E-state index contributed by atoms with van der Waals surface area (Å²) in [6.45, 7) is 5.16. The number of amides is 2. The molecule has 1 aliphatic heterocycles. The maximum atomic E-state index is 12.7. The molecule has 3 aromatic rings. The molecule has 1 N–H and O–H groups in total. The summed E-state index contributed by atoms with van der Waals surface area (Å²) in [5, 5.41) is 10.7. The largest absolute Gasteiger partial charge is 0.342 e. The molecule has 2 aromatic heterocycles. The molecule has 0 atom stereocenters. The quantitative estimate of drug-likeness (QED) is 0.600. The van der Waals surface area contributed by atoms with Gasteiger partial charge in [0, 0.05) is 36.5 Å². The Labute approximate surface area is 196 Å². The van der Waals surface area contributed by atoms with Crippen LogP contribution < -0.4 is 5.32 Å². The molecule has 0 radical (unpaired) electrons. The zero-order valence-electron chi connectivity index (χ0n) is 18.4. The van der Waals surface area contributed by atoms with Crippen molar-refractivity contribution in [3.05, 3.63) is 62.3 Å². The number of carbonyl (C=O) groups is 2. The molecule has 0 bridgehead atoms. The first kappa shape index (κ1) is 22.5. The summed E-state index contributed by atoms with van der Waals surface area (Å²) in [6, 6.07) is 7.46. The van der Waals surface area contributed by atoms with E-state index >= 15 is 0 Å². The molecule has 32 heavy (non-hydrogen) atoms. The van der Waals surface area contributed by atoms with Crippen LogP contribution in [0.2, 0.25) is 5.02 Å². The number of halogens is 1. The van der Waals surface area contributed by atoms with Crippen LogP contribution in [0.3, 0.4) is 0 Å². The van der Waals surface area contributed by atoms with E-state index in [1.165, 1.54) is 11.3 Å². The summed E-state index contributed by atoms with van der Waals surface area (Å²) < 4.78 is 1.75. The molecule has 168 valence electrons. The molecule has 9 heteroatoms. The fraction of sp³-hybridized carbons (Fsp3) is 0.391. The maximum Gasteiger partial charge on any atom is 0.275 e. The predicted octanol–water partition coefficient (Wildman–Crippen LogP) is 4.35. The van der Waals surface area contributed by atoms with Crippen LogP contribution in [-0.2, 0) is 18.3 Å². The first-order valence-electron chi connectivity index (χ1n) is 10.6. The van der Waals surface area contributed by atoms with Gasteiger partial charge in [-0.25, -0.2) is 4.98 Å². The highest BCUT2D eigenvalue weighted by Crippen LogP contribution is 2.31. The van der Waals surface area contributed by atoms with E-state index < -0.39 is 0 Å². The van der Waals surface area contributed by atoms with Crippen molar-refractivity contribution in [2.75, 3.05) is 18.4 Å². The number of aryl methyl sites for hydroxylation is 2. The first-order chi connectivity index (χ1) is 15.3. The summed E-state index contributed by atoms with van der Waals surface area (Å²) in [6.07, 6.45) is 1.99. The Morgan fingerprint density at radius 2 is 1.94 bits per heavy atom. The van der Waals surface area contributed by atoms with Crippen LogP contribution in [0.5, 0.6) is 0 Å². The van der Waals surface area contributed by atoms with Crippen molar-refractivity contribution < 1.29 is 9.59 Å². The number of thiazole rings is 1. The summed E-state index contributed by atoms with van der Waals surface area (Å²) in [5.74, 6) is 0.129. The Balaban J connectivity index is 1.34. The molecule has 1 aromatic carbocycles. The Bertz CT molecular complexity index is 1150. The molecule has 7 nitrogen and oxygen atoms in total. The van der Waals surface area contributed by atoms with E-state index in [0.29, 0.717) is 30.2 Å². The van der Waals surface area contributed by atoms with Crippen molar-refractivity contribution in [2.24, 2.45) is 7.05 Å². The van der Waals surface area contributed by atoms with Gasteiger partial charge in [0.25, 0.3) is 5.91 Å². The van der Waals surface area contributed by atoms with E-state index in [0.717, 1.165) is 40.5 Å². The smallest absolute Gasteiger partial charge is 0.275 e. The number of aromatic nitrogens is 3. The molecule has 4 rings (SSSR count). The Hall–Kier alpha value is -2.71. The fourth-order valence-corrected chi connectivity index (χ4v) is 5.18. The second-order valence-corrected chi connectivity index (χ2v) is 9.41. The maximum absolute atomic E-state index is 12.7. The summed E-state index contributed by atoms with van der Waals surface area (Å²) >= 11 is 7.70. The molecule has 0 aliphatic carbocycles. The SMILES string of the molecule is Cc1nn(C)c(C)c1NC(=O)c1csc(C2CCN(C(=O)Cc3ccccc3Cl)CC2)n1. The minimum absolute atomic E-state index is 0.0953. The van der Waals surface area contributed by atoms with E-state index in [1.54, 1.807) is 10.1 Å². The monoisotopic (exact) mass is 471 g/mol. The highest BCUT2D eigenvalue weighted by atomic mass is 35.5. The lowest BCUT2D eigenvalue weighted by Crippen LogP contribution is -2.38. The lowest BCUT2D eigenvalue weighted by molar-refractivity contribution is -0.131. The Morgan fingerprint density at radius 3 is 2.59 bits per heavy atom. The molecule has 2 amide bonds. The topological polar surface area (TPSA) is 80.1 Å². The number of carbonyl (C=O) groups excluding carboxylic acids is 2. The molecule has 3 heterocycles. The predicted molar refractivity (Wildman–Crippen MR) is 126 cm³/mol. The van der Waals surface area contributed by atoms with E-state index in [2.05, 4.69) is 15.4 Å². The van der Waals surface area contributed by atoms with Gasteiger partial charge in [-0.05, 0) is 38.3 Å². The molecule has 0 saturated carbocycles. The van der Waals surface area contributed by atoms with Gasteiger partial charge >= 0.3 is 0 Å². The summed E-state index contributed by atoms with van der Waals surface area (Å²) in [5.41, 5.74) is 3.70. The van der Waals surface area contributed by atoms with Gasteiger partial charge in [0.15, 0.2) is 0 Å². The zero-order valence-corrected chi connectivity index (χ0v) is 20.0. The van der Waals surface area contributed by atoms with Gasteiger partial charge in [-0.2, -0.15) is 5.10 Å². The fourth-order valence-electron chi connectivity index (χ4n) is 4.00. The number of hydrogen-bond acceptors (Lipinski definition) is 5. The van der Waals surface area contributed by atoms with E-state index in [4.69, 9.17) is 11.6 Å². The Kier molecular flexibility index (Phi) is 6.62. The summed E-state index contributed by atoms with van der Waals surface area (Å²) in [7, 11) is 1.85. The molecule has 0 unspecified atom stereocenters. The van der Waals surface area contributed by atoms with Crippen LogP contribution in [0.15, 0.2) is 29.6 Å². The minimum Gasteiger partial charge on any atom is -0.342 e. The van der Waals surface area contributed by atoms with Crippen LogP contribution in [0.25, 0.3) is 0 Å². The van der Waals surface area contributed by atoms with Gasteiger partial charge in [-0.3, -0.25) is 14.3 Å². The highest BCUT2D eigenvalue weighted by molar-refractivity contribution is 7.10. The number of anilines is 1. The van der Waals surface area contributed by atoms with E-state index in [1.807, 2.05) is 50.1 Å². The van der Waals surface area contributed by atoms with E-state index in [-0.39, 0.29) is 17.7 Å². The van der Waals surface area contributed by atoms with Crippen molar-refractivity contribution >= 4 is 40.4 Å². The van der Waals surface area contributed by atoms with Crippen LogP contribution in [0, 0.1) is 13.8 Å². The van der Waals surface area contributed by atoms with E-state index in [9.17, 15) is 9.59 Å². The average molecular weight is 472 g/mol. The normalized spacial score (nSPS) is 14.6. The molecule has 1 fully saturated rings. The second-order valence-electron chi connectivity index (χ2n) is 8.12. The highest BCUT2D eigenvalue weighted by Gasteiger charge is 2.27. The number of rotatable bonds is 5. The average Bonchev–Trinajstić information content (AvgIpc) is 3.36. The van der Waals surface area contributed by atoms with Gasteiger partial charge in [0.2, 0.25) is 5.91 Å². The standard InChI is InChI=1S/C23H26ClN5O2S/c1-14-21(15(2)28(3)27-14)26-22(31)19-13-32-23(25-19)16-8-10-29(11-9-16)20(30)12-17-6-4-5-7-18(17)24/h4-7,13,16H,8-12H2,1-3H3,(H,26,31). The molecular formula is C23H26ClN5O2S. The molecular weight excluding hydrogens is 446 g/mol.